The molecule has 0 heterocycles. The van der Waals surface area contributed by atoms with Crippen molar-refractivity contribution < 1.29 is 31.0 Å². The summed E-state index contributed by atoms with van der Waals surface area (Å²) >= 11 is -0.138. The zero-order valence-electron chi connectivity index (χ0n) is 10.8. The Balaban J connectivity index is 2.05. The summed E-state index contributed by atoms with van der Waals surface area (Å²) in [7, 11) is 1.65. The van der Waals surface area contributed by atoms with Gasteiger partial charge in [-0.1, -0.05) is 0 Å². The van der Waals surface area contributed by atoms with Gasteiger partial charge in [0, 0.05) is 0 Å². The average Bonchev–Trinajstić information content (AvgIpc) is 2.46. The maximum atomic E-state index is 5.82. The standard InChI is InChI=1S/C15H17INO2/c1-18-13-5-7-14(8-6-13)19-15-4-2-3-12(11-15)9-10-16-17/h2-8,11H,9-10,17H2,1H3/q-1. The number of aryl methyl sites for hydroxylation is 1. The van der Waals surface area contributed by atoms with Crippen molar-refractivity contribution in [1.82, 2.24) is 0 Å². The number of hydrogen-bond acceptors (Lipinski definition) is 3. The first-order valence-electron chi connectivity index (χ1n) is 6.00. The van der Waals surface area contributed by atoms with Crippen molar-refractivity contribution >= 4 is 0 Å². The Kier molecular flexibility index (Phi) is 5.47. The third kappa shape index (κ3) is 4.40. The molecule has 0 aliphatic heterocycles. The molecule has 0 spiro atoms. The van der Waals surface area contributed by atoms with Crippen LogP contribution >= 0.6 is 0 Å². The van der Waals surface area contributed by atoms with E-state index in [1.165, 1.54) is 5.56 Å². The van der Waals surface area contributed by atoms with Crippen molar-refractivity contribution in [2.45, 2.75) is 6.42 Å². The first-order chi connectivity index (χ1) is 9.31. The number of nitrogens with two attached hydrogens (primary N) is 1. The van der Waals surface area contributed by atoms with Crippen LogP contribution in [0.2, 0.25) is 0 Å². The molecule has 0 atom stereocenters. The molecule has 0 fully saturated rings. The Morgan fingerprint density at radius 1 is 1.00 bits per heavy atom. The predicted molar refractivity (Wildman–Crippen MR) is 72.3 cm³/mol. The van der Waals surface area contributed by atoms with Gasteiger partial charge in [-0.05, 0) is 0 Å². The van der Waals surface area contributed by atoms with Crippen molar-refractivity contribution in [2.24, 2.45) is 3.95 Å². The van der Waals surface area contributed by atoms with Gasteiger partial charge in [0.15, 0.2) is 0 Å². The normalized spacial score (nSPS) is 10.4. The molecule has 102 valence electrons. The molecule has 19 heavy (non-hydrogen) atoms. The van der Waals surface area contributed by atoms with Crippen LogP contribution in [0, 0.1) is 0 Å². The summed E-state index contributed by atoms with van der Waals surface area (Å²) in [6.07, 6.45) is 1.03. The van der Waals surface area contributed by atoms with Crippen molar-refractivity contribution in [3.63, 3.8) is 0 Å². The molecule has 2 rings (SSSR count). The van der Waals surface area contributed by atoms with E-state index in [2.05, 4.69) is 12.1 Å². The van der Waals surface area contributed by atoms with E-state index in [0.29, 0.717) is 0 Å². The number of ether oxygens (including phenoxy) is 2. The summed E-state index contributed by atoms with van der Waals surface area (Å²) in [5.41, 5.74) is 1.27. The molecule has 0 saturated heterocycles. The fourth-order valence-electron chi connectivity index (χ4n) is 1.71. The van der Waals surface area contributed by atoms with E-state index < -0.39 is 0 Å². The zero-order valence-corrected chi connectivity index (χ0v) is 13.0. The van der Waals surface area contributed by atoms with Crippen molar-refractivity contribution in [3.05, 3.63) is 54.1 Å². The molecule has 0 radical (unpaired) electrons. The second kappa shape index (κ2) is 7.35. The maximum absolute atomic E-state index is 5.82. The number of benzene rings is 2. The summed E-state index contributed by atoms with van der Waals surface area (Å²) in [6.45, 7) is 0. The van der Waals surface area contributed by atoms with Gasteiger partial charge in [0.05, 0.1) is 0 Å². The molecule has 0 aliphatic rings. The average molecular weight is 370 g/mol. The Morgan fingerprint density at radius 3 is 2.42 bits per heavy atom. The van der Waals surface area contributed by atoms with Gasteiger partial charge in [0.1, 0.15) is 0 Å². The number of alkyl halides is 1. The van der Waals surface area contributed by atoms with E-state index >= 15 is 0 Å². The minimum atomic E-state index is -0.138. The van der Waals surface area contributed by atoms with Crippen LogP contribution in [-0.4, -0.2) is 11.5 Å². The zero-order chi connectivity index (χ0) is 13.5. The van der Waals surface area contributed by atoms with Gasteiger partial charge in [0.25, 0.3) is 0 Å². The number of halogens is 1. The van der Waals surface area contributed by atoms with Crippen LogP contribution in [-0.2, 0) is 6.42 Å². The SMILES string of the molecule is COc1ccc(Oc2cccc(CC[I-]N)c2)cc1. The van der Waals surface area contributed by atoms with E-state index in [9.17, 15) is 0 Å². The quantitative estimate of drug-likeness (QED) is 0.442. The molecule has 0 aliphatic carbocycles. The van der Waals surface area contributed by atoms with Gasteiger partial charge in [-0.25, -0.2) is 0 Å². The van der Waals surface area contributed by atoms with E-state index in [-0.39, 0.29) is 21.5 Å². The topological polar surface area (TPSA) is 44.5 Å². The van der Waals surface area contributed by atoms with Crippen LogP contribution in [0.5, 0.6) is 17.2 Å². The van der Waals surface area contributed by atoms with E-state index in [0.717, 1.165) is 28.1 Å². The molecule has 0 unspecified atom stereocenters. The van der Waals surface area contributed by atoms with Gasteiger partial charge < -0.3 is 0 Å². The molecule has 0 amide bonds. The summed E-state index contributed by atoms with van der Waals surface area (Å²) < 4.78 is 17.7. The van der Waals surface area contributed by atoms with Crippen molar-refractivity contribution in [3.8, 4) is 17.2 Å². The van der Waals surface area contributed by atoms with Crippen LogP contribution in [0.3, 0.4) is 0 Å². The number of hydrogen-bond donors (Lipinski definition) is 1. The van der Waals surface area contributed by atoms with Gasteiger partial charge >= 0.3 is 124 Å². The fourth-order valence-corrected chi connectivity index (χ4v) is 2.64. The van der Waals surface area contributed by atoms with Crippen LogP contribution in [0.15, 0.2) is 48.5 Å². The second-order valence-electron chi connectivity index (χ2n) is 4.02. The third-order valence-electron chi connectivity index (χ3n) is 2.69. The first kappa shape index (κ1) is 14.1. The third-order valence-corrected chi connectivity index (χ3v) is 3.85. The predicted octanol–water partition coefficient (Wildman–Crippen LogP) is -0.00730. The summed E-state index contributed by atoms with van der Waals surface area (Å²) in [4.78, 5) is 0. The van der Waals surface area contributed by atoms with Crippen molar-refractivity contribution in [2.75, 3.05) is 11.5 Å². The summed E-state index contributed by atoms with van der Waals surface area (Å²) in [5, 5.41) is 0. The Labute approximate surface area is 124 Å². The number of rotatable bonds is 6. The molecule has 0 aromatic heterocycles. The van der Waals surface area contributed by atoms with E-state index in [1.54, 1.807) is 7.11 Å². The minimum absolute atomic E-state index is 0.138. The molecular weight excluding hydrogens is 353 g/mol. The second-order valence-corrected chi connectivity index (χ2v) is 5.98. The monoisotopic (exact) mass is 370 g/mol. The Morgan fingerprint density at radius 2 is 1.74 bits per heavy atom. The van der Waals surface area contributed by atoms with Crippen LogP contribution < -0.4 is 34.9 Å². The first-order valence-corrected chi connectivity index (χ1v) is 8.77. The van der Waals surface area contributed by atoms with Crippen molar-refractivity contribution in [1.29, 1.82) is 0 Å². The molecule has 2 N–H and O–H groups in total. The van der Waals surface area contributed by atoms with Crippen LogP contribution in [0.25, 0.3) is 0 Å². The Bertz CT molecular complexity index is 514. The Hall–Kier alpha value is -1.27. The summed E-state index contributed by atoms with van der Waals surface area (Å²) in [5.74, 6) is 2.50. The molecule has 0 bridgehead atoms. The number of methoxy groups -OCH3 is 1. The molecule has 4 heteroatoms. The fraction of sp³-hybridized carbons (Fsp3) is 0.200. The molecule has 3 nitrogen and oxygen atoms in total. The molecule has 2 aromatic rings. The summed E-state index contributed by atoms with van der Waals surface area (Å²) in [6, 6.07) is 15.7. The van der Waals surface area contributed by atoms with E-state index in [4.69, 9.17) is 13.4 Å². The van der Waals surface area contributed by atoms with E-state index in [1.807, 2.05) is 36.4 Å². The van der Waals surface area contributed by atoms with Crippen LogP contribution in [0.1, 0.15) is 5.56 Å². The van der Waals surface area contributed by atoms with Crippen LogP contribution in [0.4, 0.5) is 0 Å². The molecule has 2 aromatic carbocycles. The van der Waals surface area contributed by atoms with Gasteiger partial charge in [-0.3, -0.25) is 0 Å². The van der Waals surface area contributed by atoms with Gasteiger partial charge in [-0.15, -0.1) is 0 Å². The van der Waals surface area contributed by atoms with Gasteiger partial charge in [0.2, 0.25) is 0 Å². The molecular formula is C15H17INO2-. The molecule has 0 saturated carbocycles. The van der Waals surface area contributed by atoms with Gasteiger partial charge in [-0.2, -0.15) is 0 Å².